The number of thiophene rings is 1. The van der Waals surface area contributed by atoms with E-state index in [0.29, 0.717) is 17.5 Å². The van der Waals surface area contributed by atoms with E-state index in [-0.39, 0.29) is 0 Å². The predicted octanol–water partition coefficient (Wildman–Crippen LogP) is 14.6. The van der Waals surface area contributed by atoms with E-state index in [1.54, 1.807) is 0 Å². The van der Waals surface area contributed by atoms with Crippen molar-refractivity contribution in [2.75, 3.05) is 0 Å². The van der Waals surface area contributed by atoms with Crippen molar-refractivity contribution in [3.05, 3.63) is 200 Å². The lowest BCUT2D eigenvalue weighted by Crippen LogP contribution is -2.01. The Hall–Kier alpha value is -7.93. The third-order valence-corrected chi connectivity index (χ3v) is 13.3. The summed E-state index contributed by atoms with van der Waals surface area (Å²) in [6.45, 7) is 0. The maximum Gasteiger partial charge on any atom is 0.164 e. The Labute approximate surface area is 354 Å². The summed E-state index contributed by atoms with van der Waals surface area (Å²) in [5.74, 6) is 1.91. The fourth-order valence-electron chi connectivity index (χ4n) is 9.40. The second kappa shape index (κ2) is 13.3. The van der Waals surface area contributed by atoms with Gasteiger partial charge < -0.3 is 9.13 Å². The number of hydrogen-bond donors (Lipinski definition) is 0. The zero-order valence-corrected chi connectivity index (χ0v) is 33.5. The molecular weight excluding hydrogens is 763 g/mol. The minimum Gasteiger partial charge on any atom is -0.309 e. The van der Waals surface area contributed by atoms with E-state index in [9.17, 15) is 0 Å². The molecule has 4 heterocycles. The van der Waals surface area contributed by atoms with Crippen LogP contribution in [0.5, 0.6) is 0 Å². The number of aromatic nitrogens is 5. The van der Waals surface area contributed by atoms with Gasteiger partial charge in [-0.2, -0.15) is 0 Å². The van der Waals surface area contributed by atoms with Crippen LogP contribution in [0.1, 0.15) is 0 Å². The van der Waals surface area contributed by atoms with Gasteiger partial charge in [-0.05, 0) is 83.6 Å². The molecule has 13 aromatic rings. The van der Waals surface area contributed by atoms with Crippen molar-refractivity contribution < 1.29 is 0 Å². The van der Waals surface area contributed by atoms with Gasteiger partial charge in [0.25, 0.3) is 0 Å². The SMILES string of the molecule is c1ccc(-c2nc(-c3ccc4c(c3)c3ccccc3n4-c3ccccc3)nc(-c3ccc(-n4c5ccccc5c5cc6ccccc6cc54)c4sc5ccccc5c34)n2)cc1. The molecule has 4 aromatic heterocycles. The fourth-order valence-corrected chi connectivity index (χ4v) is 10.6. The molecule has 0 radical (unpaired) electrons. The molecule has 284 valence electrons. The van der Waals surface area contributed by atoms with Gasteiger partial charge in [-0.3, -0.25) is 0 Å². The summed E-state index contributed by atoms with van der Waals surface area (Å²) in [6.07, 6.45) is 0. The van der Waals surface area contributed by atoms with Gasteiger partial charge in [-0.15, -0.1) is 11.3 Å². The molecule has 0 saturated heterocycles. The molecule has 0 aliphatic rings. The Balaban J connectivity index is 1.07. The highest BCUT2D eigenvalue weighted by Gasteiger charge is 2.23. The standard InChI is InChI=1S/C55H33N5S/c1-3-15-34(16-4-1)53-56-54(37-27-29-47-43(32-37)39-21-9-12-24-45(39)59(47)38-19-5-2-6-20-38)58-55(57-53)42-28-30-48(52-51(42)41-23-11-14-26-50(41)61-52)60-46-25-13-10-22-40(46)44-31-35-17-7-8-18-36(35)33-49(44)60/h1-33H. The third-order valence-electron chi connectivity index (χ3n) is 12.1. The smallest absolute Gasteiger partial charge is 0.164 e. The molecule has 0 spiro atoms. The number of fused-ring (bicyclic) bond motifs is 10. The molecule has 0 aliphatic heterocycles. The van der Waals surface area contributed by atoms with E-state index in [4.69, 9.17) is 15.0 Å². The summed E-state index contributed by atoms with van der Waals surface area (Å²) in [5.41, 5.74) is 9.77. The molecule has 61 heavy (non-hydrogen) atoms. The largest absolute Gasteiger partial charge is 0.309 e. The van der Waals surface area contributed by atoms with E-state index in [1.807, 2.05) is 29.5 Å². The third kappa shape index (κ3) is 5.22. The Kier molecular flexibility index (Phi) is 7.41. The van der Waals surface area contributed by atoms with Gasteiger partial charge in [0, 0.05) is 59.4 Å². The van der Waals surface area contributed by atoms with Crippen LogP contribution in [-0.4, -0.2) is 24.1 Å². The zero-order chi connectivity index (χ0) is 40.0. The highest BCUT2D eigenvalue weighted by Crippen LogP contribution is 2.45. The van der Waals surface area contributed by atoms with Crippen molar-refractivity contribution >= 4 is 85.9 Å². The van der Waals surface area contributed by atoms with Gasteiger partial charge in [0.05, 0.1) is 32.5 Å². The monoisotopic (exact) mass is 795 g/mol. The molecule has 5 nitrogen and oxygen atoms in total. The summed E-state index contributed by atoms with van der Waals surface area (Å²) < 4.78 is 7.19. The Morgan fingerprint density at radius 2 is 0.934 bits per heavy atom. The van der Waals surface area contributed by atoms with Crippen molar-refractivity contribution in [3.63, 3.8) is 0 Å². The van der Waals surface area contributed by atoms with Gasteiger partial charge in [0.2, 0.25) is 0 Å². The van der Waals surface area contributed by atoms with Crippen LogP contribution in [0.2, 0.25) is 0 Å². The Morgan fingerprint density at radius 1 is 0.361 bits per heavy atom. The average Bonchev–Trinajstić information content (AvgIpc) is 3.99. The molecule has 0 amide bonds. The van der Waals surface area contributed by atoms with Gasteiger partial charge >= 0.3 is 0 Å². The molecule has 9 aromatic carbocycles. The van der Waals surface area contributed by atoms with Crippen LogP contribution in [0.25, 0.3) is 120 Å². The van der Waals surface area contributed by atoms with Crippen LogP contribution >= 0.6 is 11.3 Å². The van der Waals surface area contributed by atoms with Crippen LogP contribution < -0.4 is 0 Å². The van der Waals surface area contributed by atoms with E-state index in [2.05, 4.69) is 191 Å². The second-order valence-corrected chi connectivity index (χ2v) is 16.6. The van der Waals surface area contributed by atoms with Crippen LogP contribution in [-0.2, 0) is 0 Å². The second-order valence-electron chi connectivity index (χ2n) is 15.6. The summed E-state index contributed by atoms with van der Waals surface area (Å²) in [7, 11) is 0. The van der Waals surface area contributed by atoms with Gasteiger partial charge in [0.1, 0.15) is 0 Å². The minimum absolute atomic E-state index is 0.633. The van der Waals surface area contributed by atoms with Gasteiger partial charge in [-0.1, -0.05) is 127 Å². The van der Waals surface area contributed by atoms with Crippen LogP contribution in [0.4, 0.5) is 0 Å². The molecule has 0 unspecified atom stereocenters. The first-order valence-electron chi connectivity index (χ1n) is 20.5. The first kappa shape index (κ1) is 34.0. The lowest BCUT2D eigenvalue weighted by Gasteiger charge is -2.13. The van der Waals surface area contributed by atoms with Crippen molar-refractivity contribution in [3.8, 4) is 45.5 Å². The zero-order valence-electron chi connectivity index (χ0n) is 32.7. The number of benzene rings is 9. The molecule has 0 N–H and O–H groups in total. The molecule has 0 bridgehead atoms. The predicted molar refractivity (Wildman–Crippen MR) is 255 cm³/mol. The summed E-state index contributed by atoms with van der Waals surface area (Å²) in [4.78, 5) is 15.9. The summed E-state index contributed by atoms with van der Waals surface area (Å²) in [5, 5.41) is 9.59. The molecule has 0 aliphatic carbocycles. The summed E-state index contributed by atoms with van der Waals surface area (Å²) >= 11 is 1.83. The Morgan fingerprint density at radius 3 is 1.70 bits per heavy atom. The molecular formula is C55H33N5S. The normalized spacial score (nSPS) is 11.9. The highest BCUT2D eigenvalue weighted by molar-refractivity contribution is 7.26. The van der Waals surface area contributed by atoms with E-state index in [0.717, 1.165) is 49.9 Å². The highest BCUT2D eigenvalue weighted by atomic mass is 32.1. The fraction of sp³-hybridized carbons (Fsp3) is 0. The van der Waals surface area contributed by atoms with Crippen molar-refractivity contribution in [1.29, 1.82) is 0 Å². The number of hydrogen-bond acceptors (Lipinski definition) is 4. The maximum absolute atomic E-state index is 5.38. The molecule has 0 saturated carbocycles. The molecule has 6 heteroatoms. The number of para-hydroxylation sites is 3. The lowest BCUT2D eigenvalue weighted by atomic mass is 10.0. The summed E-state index contributed by atoms with van der Waals surface area (Å²) in [6, 6.07) is 71.3. The number of rotatable bonds is 5. The molecule has 0 atom stereocenters. The number of nitrogens with zero attached hydrogens (tertiary/aromatic N) is 5. The van der Waals surface area contributed by atoms with E-state index in [1.165, 1.54) is 52.8 Å². The lowest BCUT2D eigenvalue weighted by molar-refractivity contribution is 1.08. The molecule has 0 fully saturated rings. The van der Waals surface area contributed by atoms with Crippen LogP contribution in [0.15, 0.2) is 200 Å². The van der Waals surface area contributed by atoms with Gasteiger partial charge in [-0.25, -0.2) is 15.0 Å². The quantitative estimate of drug-likeness (QED) is 0.174. The average molecular weight is 796 g/mol. The van der Waals surface area contributed by atoms with E-state index >= 15 is 0 Å². The van der Waals surface area contributed by atoms with Crippen LogP contribution in [0.3, 0.4) is 0 Å². The first-order chi connectivity index (χ1) is 30.2. The van der Waals surface area contributed by atoms with Crippen molar-refractivity contribution in [1.82, 2.24) is 24.1 Å². The van der Waals surface area contributed by atoms with Crippen molar-refractivity contribution in [2.45, 2.75) is 0 Å². The molecule has 13 rings (SSSR count). The van der Waals surface area contributed by atoms with Crippen molar-refractivity contribution in [2.24, 2.45) is 0 Å². The van der Waals surface area contributed by atoms with Crippen LogP contribution in [0, 0.1) is 0 Å². The van der Waals surface area contributed by atoms with Gasteiger partial charge in [0.15, 0.2) is 17.5 Å². The maximum atomic E-state index is 5.38. The Bertz CT molecular complexity index is 3880. The minimum atomic E-state index is 0.633. The first-order valence-corrected chi connectivity index (χ1v) is 21.3. The van der Waals surface area contributed by atoms with E-state index < -0.39 is 0 Å². The topological polar surface area (TPSA) is 48.5 Å².